The van der Waals surface area contributed by atoms with Crippen LogP contribution < -0.4 is 10.6 Å². The van der Waals surface area contributed by atoms with Gasteiger partial charge in [-0.1, -0.05) is 25.7 Å². The van der Waals surface area contributed by atoms with Gasteiger partial charge in [-0.05, 0) is 39.5 Å². The van der Waals surface area contributed by atoms with Gasteiger partial charge in [0.2, 0.25) is 11.8 Å². The van der Waals surface area contributed by atoms with E-state index in [-0.39, 0.29) is 17.7 Å². The first-order valence-corrected chi connectivity index (χ1v) is 8.69. The highest BCUT2D eigenvalue weighted by molar-refractivity contribution is 5.89. The molecular weight excluding hydrogens is 296 g/mol. The highest BCUT2D eigenvalue weighted by atomic mass is 16.4. The maximum atomic E-state index is 12.4. The van der Waals surface area contributed by atoms with Crippen LogP contribution in [0.5, 0.6) is 0 Å². The molecule has 3 unspecified atom stereocenters. The Hall–Kier alpha value is -1.59. The first kappa shape index (κ1) is 17.8. The molecule has 130 valence electrons. The third-order valence-corrected chi connectivity index (χ3v) is 5.39. The number of carboxylic acids is 1. The molecule has 2 aliphatic carbocycles. The summed E-state index contributed by atoms with van der Waals surface area (Å²) >= 11 is 0. The number of amides is 2. The van der Waals surface area contributed by atoms with Crippen LogP contribution >= 0.6 is 0 Å². The van der Waals surface area contributed by atoms with Crippen LogP contribution in [0.3, 0.4) is 0 Å². The smallest absolute Gasteiger partial charge is 0.308 e. The molecule has 2 amide bonds. The third kappa shape index (κ3) is 4.24. The molecule has 0 radical (unpaired) electrons. The fourth-order valence-electron chi connectivity index (χ4n) is 3.85. The second kappa shape index (κ2) is 7.32. The molecule has 6 nitrogen and oxygen atoms in total. The topological polar surface area (TPSA) is 95.5 Å². The minimum atomic E-state index is -0.866. The molecule has 0 spiro atoms. The molecule has 6 heteroatoms. The average molecular weight is 324 g/mol. The van der Waals surface area contributed by atoms with Gasteiger partial charge in [-0.25, -0.2) is 0 Å². The molecule has 0 aromatic rings. The minimum Gasteiger partial charge on any atom is -0.481 e. The number of hydrogen-bond donors (Lipinski definition) is 3. The zero-order chi connectivity index (χ0) is 17.0. The fourth-order valence-corrected chi connectivity index (χ4v) is 3.85. The van der Waals surface area contributed by atoms with Crippen molar-refractivity contribution in [3.8, 4) is 0 Å². The van der Waals surface area contributed by atoms with Gasteiger partial charge in [0.25, 0.3) is 0 Å². The van der Waals surface area contributed by atoms with Crippen LogP contribution in [0.2, 0.25) is 0 Å². The third-order valence-electron chi connectivity index (χ3n) is 5.39. The van der Waals surface area contributed by atoms with Crippen LogP contribution in [0.1, 0.15) is 65.2 Å². The predicted octanol–water partition coefficient (Wildman–Crippen LogP) is 1.83. The Bertz CT molecular complexity index is 473. The van der Waals surface area contributed by atoms with E-state index in [0.29, 0.717) is 12.8 Å². The summed E-state index contributed by atoms with van der Waals surface area (Å²) in [6.45, 7) is 3.46. The average Bonchev–Trinajstić information content (AvgIpc) is 3.01. The Balaban J connectivity index is 1.93. The van der Waals surface area contributed by atoms with Crippen LogP contribution in [0.15, 0.2) is 0 Å². The van der Waals surface area contributed by atoms with Crippen molar-refractivity contribution < 1.29 is 19.5 Å². The minimum absolute atomic E-state index is 0.0160. The van der Waals surface area contributed by atoms with E-state index in [1.165, 1.54) is 0 Å². The summed E-state index contributed by atoms with van der Waals surface area (Å²) < 4.78 is 0. The Morgan fingerprint density at radius 2 is 1.70 bits per heavy atom. The van der Waals surface area contributed by atoms with E-state index in [2.05, 4.69) is 10.6 Å². The predicted molar refractivity (Wildman–Crippen MR) is 85.7 cm³/mol. The summed E-state index contributed by atoms with van der Waals surface area (Å²) in [6.07, 6.45) is 6.92. The Morgan fingerprint density at radius 3 is 2.30 bits per heavy atom. The van der Waals surface area contributed by atoms with Crippen molar-refractivity contribution in [1.29, 1.82) is 0 Å². The van der Waals surface area contributed by atoms with E-state index in [1.807, 2.05) is 0 Å². The second-order valence-electron chi connectivity index (χ2n) is 7.25. The first-order valence-electron chi connectivity index (χ1n) is 8.69. The summed E-state index contributed by atoms with van der Waals surface area (Å²) in [6, 6.07) is -0.642. The van der Waals surface area contributed by atoms with Crippen LogP contribution in [-0.2, 0) is 14.4 Å². The van der Waals surface area contributed by atoms with E-state index in [9.17, 15) is 19.5 Å². The molecule has 2 rings (SSSR count). The van der Waals surface area contributed by atoms with Crippen LogP contribution in [0.25, 0.3) is 0 Å². The Labute approximate surface area is 137 Å². The number of carboxylic acid groups (broad SMARTS) is 1. The normalized spacial score (nSPS) is 29.7. The Kier molecular flexibility index (Phi) is 5.65. The summed E-state index contributed by atoms with van der Waals surface area (Å²) in [5, 5.41) is 15.1. The van der Waals surface area contributed by atoms with Crippen molar-refractivity contribution in [2.24, 2.45) is 11.8 Å². The molecule has 2 aliphatic rings. The number of nitrogens with one attached hydrogen (secondary N) is 2. The summed E-state index contributed by atoms with van der Waals surface area (Å²) in [4.78, 5) is 36.0. The van der Waals surface area contributed by atoms with Crippen molar-refractivity contribution in [3.63, 3.8) is 0 Å². The maximum absolute atomic E-state index is 12.4. The van der Waals surface area contributed by atoms with Crippen molar-refractivity contribution in [2.75, 3.05) is 0 Å². The maximum Gasteiger partial charge on any atom is 0.308 e. The molecule has 0 saturated heterocycles. The quantitative estimate of drug-likeness (QED) is 0.719. The van der Waals surface area contributed by atoms with Gasteiger partial charge in [-0.2, -0.15) is 0 Å². The molecule has 0 bridgehead atoms. The largest absolute Gasteiger partial charge is 0.481 e. The van der Waals surface area contributed by atoms with Crippen molar-refractivity contribution in [3.05, 3.63) is 0 Å². The van der Waals surface area contributed by atoms with Gasteiger partial charge in [0.05, 0.1) is 11.5 Å². The van der Waals surface area contributed by atoms with Crippen LogP contribution in [0, 0.1) is 11.8 Å². The van der Waals surface area contributed by atoms with Crippen molar-refractivity contribution in [1.82, 2.24) is 10.6 Å². The summed E-state index contributed by atoms with van der Waals surface area (Å²) in [5.41, 5.74) is -0.743. The SMILES string of the molecule is CC(NC(=O)C1CCCC1)C(=O)NC1(C)CCCCC1C(=O)O. The lowest BCUT2D eigenvalue weighted by molar-refractivity contribution is -0.147. The van der Waals surface area contributed by atoms with Crippen molar-refractivity contribution in [2.45, 2.75) is 76.8 Å². The van der Waals surface area contributed by atoms with Gasteiger partial charge in [0.15, 0.2) is 0 Å². The zero-order valence-electron chi connectivity index (χ0n) is 14.1. The molecule has 23 heavy (non-hydrogen) atoms. The highest BCUT2D eigenvalue weighted by Crippen LogP contribution is 2.34. The molecule has 3 N–H and O–H groups in total. The lowest BCUT2D eigenvalue weighted by Gasteiger charge is -2.40. The first-order chi connectivity index (χ1) is 10.8. The number of hydrogen-bond acceptors (Lipinski definition) is 3. The fraction of sp³-hybridized carbons (Fsp3) is 0.824. The molecule has 0 heterocycles. The number of carbonyl (C=O) groups excluding carboxylic acids is 2. The van der Waals surface area contributed by atoms with Gasteiger partial charge in [-0.15, -0.1) is 0 Å². The lowest BCUT2D eigenvalue weighted by atomic mass is 9.73. The summed E-state index contributed by atoms with van der Waals surface area (Å²) in [5.74, 6) is -1.78. The number of aliphatic carboxylic acids is 1. The Morgan fingerprint density at radius 1 is 1.09 bits per heavy atom. The summed E-state index contributed by atoms with van der Waals surface area (Å²) in [7, 11) is 0. The van der Waals surface area contributed by atoms with Gasteiger partial charge < -0.3 is 15.7 Å². The van der Waals surface area contributed by atoms with E-state index in [1.54, 1.807) is 13.8 Å². The molecular formula is C17H28N2O4. The number of carbonyl (C=O) groups is 3. The van der Waals surface area contributed by atoms with Gasteiger partial charge in [0.1, 0.15) is 6.04 Å². The highest BCUT2D eigenvalue weighted by Gasteiger charge is 2.42. The molecule has 2 fully saturated rings. The van der Waals surface area contributed by atoms with E-state index >= 15 is 0 Å². The standard InChI is InChI=1S/C17H28N2O4/c1-11(18-15(21)12-7-3-4-8-12)14(20)19-17(2)10-6-5-9-13(17)16(22)23/h11-13H,3-10H2,1-2H3,(H,18,21)(H,19,20)(H,22,23). The van der Waals surface area contributed by atoms with Crippen molar-refractivity contribution >= 4 is 17.8 Å². The molecule has 0 aromatic carbocycles. The molecule has 0 aliphatic heterocycles. The van der Waals surface area contributed by atoms with E-state index in [0.717, 1.165) is 38.5 Å². The second-order valence-corrected chi connectivity index (χ2v) is 7.25. The monoisotopic (exact) mass is 324 g/mol. The zero-order valence-corrected chi connectivity index (χ0v) is 14.1. The van der Waals surface area contributed by atoms with Gasteiger partial charge in [-0.3, -0.25) is 14.4 Å². The lowest BCUT2D eigenvalue weighted by Crippen LogP contribution is -2.59. The van der Waals surface area contributed by atoms with Crippen LogP contribution in [0.4, 0.5) is 0 Å². The number of rotatable bonds is 5. The van der Waals surface area contributed by atoms with Gasteiger partial charge >= 0.3 is 5.97 Å². The molecule has 0 aromatic heterocycles. The van der Waals surface area contributed by atoms with E-state index in [4.69, 9.17) is 0 Å². The molecule has 2 saturated carbocycles. The van der Waals surface area contributed by atoms with E-state index < -0.39 is 23.5 Å². The van der Waals surface area contributed by atoms with Crippen LogP contribution in [-0.4, -0.2) is 34.5 Å². The van der Waals surface area contributed by atoms with Gasteiger partial charge in [0, 0.05) is 5.92 Å². The molecule has 3 atom stereocenters.